The van der Waals surface area contributed by atoms with Crippen molar-refractivity contribution in [3.05, 3.63) is 29.6 Å². The molecule has 4 nitrogen and oxygen atoms in total. The van der Waals surface area contributed by atoms with Crippen LogP contribution in [0.4, 0.5) is 4.39 Å². The van der Waals surface area contributed by atoms with Crippen molar-refractivity contribution in [2.24, 2.45) is 0 Å². The molecule has 1 aliphatic heterocycles. The minimum Gasteiger partial charge on any atom is -0.312 e. The van der Waals surface area contributed by atoms with Gasteiger partial charge in [-0.1, -0.05) is 6.07 Å². The highest BCUT2D eigenvalue weighted by Crippen LogP contribution is 2.21. The first-order valence-electron chi connectivity index (χ1n) is 5.91. The quantitative estimate of drug-likeness (QED) is 0.901. The van der Waals surface area contributed by atoms with Gasteiger partial charge >= 0.3 is 0 Å². The van der Waals surface area contributed by atoms with Crippen LogP contribution in [0.25, 0.3) is 0 Å². The van der Waals surface area contributed by atoms with Crippen molar-refractivity contribution in [3.8, 4) is 0 Å². The molecule has 0 bridgehead atoms. The van der Waals surface area contributed by atoms with Gasteiger partial charge in [0.1, 0.15) is 10.7 Å². The van der Waals surface area contributed by atoms with Gasteiger partial charge in [0, 0.05) is 25.7 Å². The van der Waals surface area contributed by atoms with Crippen molar-refractivity contribution < 1.29 is 12.8 Å². The summed E-state index contributed by atoms with van der Waals surface area (Å²) in [5.41, 5.74) is 0.734. The number of hydrogen-bond acceptors (Lipinski definition) is 3. The topological polar surface area (TPSA) is 49.4 Å². The van der Waals surface area contributed by atoms with Crippen LogP contribution < -0.4 is 5.32 Å². The zero-order valence-corrected chi connectivity index (χ0v) is 12.5. The Morgan fingerprint density at radius 1 is 1.42 bits per heavy atom. The van der Waals surface area contributed by atoms with Crippen LogP contribution in [-0.2, 0) is 10.0 Å². The van der Waals surface area contributed by atoms with E-state index in [1.54, 1.807) is 13.0 Å². The Morgan fingerprint density at radius 2 is 2.11 bits per heavy atom. The third-order valence-corrected chi connectivity index (χ3v) is 4.92. The molecule has 0 amide bonds. The second kappa shape index (κ2) is 6.17. The highest BCUT2D eigenvalue weighted by atomic mass is 35.5. The summed E-state index contributed by atoms with van der Waals surface area (Å²) in [6.45, 7) is 5.00. The number of piperazine rings is 1. The lowest BCUT2D eigenvalue weighted by atomic mass is 10.2. The largest absolute Gasteiger partial charge is 0.312 e. The van der Waals surface area contributed by atoms with E-state index in [4.69, 9.17) is 0 Å². The highest BCUT2D eigenvalue weighted by molar-refractivity contribution is 7.89. The fraction of sp³-hybridized carbons (Fsp3) is 0.500. The van der Waals surface area contributed by atoms with Crippen LogP contribution in [0.5, 0.6) is 0 Å². The van der Waals surface area contributed by atoms with E-state index in [0.717, 1.165) is 5.56 Å². The van der Waals surface area contributed by atoms with Gasteiger partial charge < -0.3 is 5.32 Å². The van der Waals surface area contributed by atoms with Gasteiger partial charge in [-0.05, 0) is 31.5 Å². The maximum absolute atomic E-state index is 13.7. The number of benzene rings is 1. The van der Waals surface area contributed by atoms with Crippen molar-refractivity contribution >= 4 is 22.4 Å². The molecule has 1 aromatic rings. The van der Waals surface area contributed by atoms with Crippen molar-refractivity contribution in [2.45, 2.75) is 24.8 Å². The second-order valence-corrected chi connectivity index (χ2v) is 6.56. The number of nitrogens with zero attached hydrogens (tertiary/aromatic N) is 1. The highest BCUT2D eigenvalue weighted by Gasteiger charge is 2.30. The lowest BCUT2D eigenvalue weighted by molar-refractivity contribution is 0.309. The molecule has 1 aromatic carbocycles. The van der Waals surface area contributed by atoms with Crippen LogP contribution >= 0.6 is 12.4 Å². The third-order valence-electron chi connectivity index (χ3n) is 3.04. The minimum absolute atomic E-state index is 0. The summed E-state index contributed by atoms with van der Waals surface area (Å²) in [5.74, 6) is -0.688. The average Bonchev–Trinajstić information content (AvgIpc) is 2.32. The lowest BCUT2D eigenvalue weighted by Gasteiger charge is -2.31. The standard InChI is InChI=1S/C12H17FN2O2S.ClH/c1-9-3-4-11(13)12(7-9)18(16,17)15-6-5-14-10(2)8-15;/h3-4,7,10,14H,5-6,8H2,1-2H3;1H/t10-;/m1./s1. The molecule has 0 spiro atoms. The summed E-state index contributed by atoms with van der Waals surface area (Å²) in [4.78, 5) is -0.225. The van der Waals surface area contributed by atoms with Gasteiger partial charge in [-0.3, -0.25) is 0 Å². The van der Waals surface area contributed by atoms with Crippen LogP contribution in [-0.4, -0.2) is 38.4 Å². The molecule has 1 atom stereocenters. The lowest BCUT2D eigenvalue weighted by Crippen LogP contribution is -2.51. The summed E-state index contributed by atoms with van der Waals surface area (Å²) in [5, 5.41) is 3.16. The Kier molecular flexibility index (Phi) is 5.32. The summed E-state index contributed by atoms with van der Waals surface area (Å²) >= 11 is 0. The van der Waals surface area contributed by atoms with Gasteiger partial charge in [-0.25, -0.2) is 12.8 Å². The first kappa shape index (κ1) is 16.4. The SMILES string of the molecule is Cc1ccc(F)c(S(=O)(=O)N2CCN[C@H](C)C2)c1.Cl. The summed E-state index contributed by atoms with van der Waals surface area (Å²) in [6, 6.07) is 4.24. The molecule has 0 unspecified atom stereocenters. The summed E-state index contributed by atoms with van der Waals surface area (Å²) < 4.78 is 39.8. The Labute approximate surface area is 119 Å². The number of sulfonamides is 1. The molecule has 1 saturated heterocycles. The molecule has 1 fully saturated rings. The number of rotatable bonds is 2. The molecule has 1 heterocycles. The smallest absolute Gasteiger partial charge is 0.246 e. The minimum atomic E-state index is -3.73. The summed E-state index contributed by atoms with van der Waals surface area (Å²) in [7, 11) is -3.73. The van der Waals surface area contributed by atoms with Gasteiger partial charge in [0.25, 0.3) is 0 Å². The van der Waals surface area contributed by atoms with Gasteiger partial charge in [0.2, 0.25) is 10.0 Å². The van der Waals surface area contributed by atoms with E-state index in [0.29, 0.717) is 19.6 Å². The molecule has 7 heteroatoms. The van der Waals surface area contributed by atoms with E-state index < -0.39 is 15.8 Å². The Morgan fingerprint density at radius 3 is 2.74 bits per heavy atom. The zero-order valence-electron chi connectivity index (χ0n) is 10.9. The van der Waals surface area contributed by atoms with E-state index in [9.17, 15) is 12.8 Å². The molecule has 0 aromatic heterocycles. The fourth-order valence-corrected chi connectivity index (χ4v) is 3.74. The fourth-order valence-electron chi connectivity index (χ4n) is 2.06. The van der Waals surface area contributed by atoms with E-state index in [1.807, 2.05) is 6.92 Å². The Hall–Kier alpha value is -0.690. The Balaban J connectivity index is 0.00000180. The van der Waals surface area contributed by atoms with E-state index in [-0.39, 0.29) is 23.3 Å². The predicted molar refractivity (Wildman–Crippen MR) is 74.6 cm³/mol. The predicted octanol–water partition coefficient (Wildman–Crippen LogP) is 1.54. The molecule has 1 aliphatic rings. The van der Waals surface area contributed by atoms with Gasteiger partial charge in [-0.15, -0.1) is 12.4 Å². The molecule has 0 radical (unpaired) electrons. The van der Waals surface area contributed by atoms with Crippen LogP contribution in [0.3, 0.4) is 0 Å². The summed E-state index contributed by atoms with van der Waals surface area (Å²) in [6.07, 6.45) is 0. The molecular weight excluding hydrogens is 291 g/mol. The number of nitrogens with one attached hydrogen (secondary N) is 1. The first-order valence-corrected chi connectivity index (χ1v) is 7.35. The van der Waals surface area contributed by atoms with Crippen LogP contribution in [0.1, 0.15) is 12.5 Å². The Bertz CT molecular complexity index is 551. The van der Waals surface area contributed by atoms with Crippen LogP contribution in [0, 0.1) is 12.7 Å². The molecule has 0 aliphatic carbocycles. The normalized spacial score (nSPS) is 20.9. The van der Waals surface area contributed by atoms with Gasteiger partial charge in [0.15, 0.2) is 0 Å². The number of aryl methyl sites for hydroxylation is 1. The molecule has 1 N–H and O–H groups in total. The zero-order chi connectivity index (χ0) is 13.3. The van der Waals surface area contributed by atoms with E-state index >= 15 is 0 Å². The van der Waals surface area contributed by atoms with Gasteiger partial charge in [0.05, 0.1) is 0 Å². The van der Waals surface area contributed by atoms with Crippen molar-refractivity contribution in [2.75, 3.05) is 19.6 Å². The molecule has 0 saturated carbocycles. The van der Waals surface area contributed by atoms with E-state index in [1.165, 1.54) is 16.4 Å². The van der Waals surface area contributed by atoms with Crippen molar-refractivity contribution in [3.63, 3.8) is 0 Å². The third kappa shape index (κ3) is 3.45. The number of halogens is 2. The second-order valence-electron chi connectivity index (χ2n) is 4.65. The molecule has 19 heavy (non-hydrogen) atoms. The van der Waals surface area contributed by atoms with Crippen molar-refractivity contribution in [1.82, 2.24) is 9.62 Å². The number of hydrogen-bond donors (Lipinski definition) is 1. The first-order chi connectivity index (χ1) is 8.41. The van der Waals surface area contributed by atoms with Crippen molar-refractivity contribution in [1.29, 1.82) is 0 Å². The molecular formula is C12H18ClFN2O2S. The van der Waals surface area contributed by atoms with Crippen LogP contribution in [0.15, 0.2) is 23.1 Å². The maximum atomic E-state index is 13.7. The van der Waals surface area contributed by atoms with Gasteiger partial charge in [-0.2, -0.15) is 4.31 Å². The average molecular weight is 309 g/mol. The monoisotopic (exact) mass is 308 g/mol. The van der Waals surface area contributed by atoms with Crippen LogP contribution in [0.2, 0.25) is 0 Å². The maximum Gasteiger partial charge on any atom is 0.246 e. The molecule has 2 rings (SSSR count). The molecule has 108 valence electrons. The van der Waals surface area contributed by atoms with E-state index in [2.05, 4.69) is 5.32 Å².